The second-order valence-electron chi connectivity index (χ2n) is 6.00. The van der Waals surface area contributed by atoms with E-state index in [0.29, 0.717) is 13.2 Å². The Labute approximate surface area is 168 Å². The van der Waals surface area contributed by atoms with Gasteiger partial charge in [-0.3, -0.25) is 9.52 Å². The Kier molecular flexibility index (Phi) is 6.33. The van der Waals surface area contributed by atoms with E-state index in [0.717, 1.165) is 22.6 Å². The highest BCUT2D eigenvalue weighted by molar-refractivity contribution is 7.94. The van der Waals surface area contributed by atoms with E-state index in [4.69, 9.17) is 4.74 Å². The molecule has 1 amide bonds. The number of hydrogen-bond donors (Lipinski definition) is 2. The quantitative estimate of drug-likeness (QED) is 0.549. The minimum atomic E-state index is -3.73. The van der Waals surface area contributed by atoms with E-state index in [2.05, 4.69) is 10.0 Å². The van der Waals surface area contributed by atoms with E-state index in [-0.39, 0.29) is 21.4 Å². The molecule has 0 spiro atoms. The van der Waals surface area contributed by atoms with Crippen molar-refractivity contribution in [1.29, 1.82) is 0 Å². The van der Waals surface area contributed by atoms with Crippen LogP contribution in [-0.2, 0) is 10.0 Å². The number of carbonyl (C=O) groups excluding carboxylic acids is 1. The predicted molar refractivity (Wildman–Crippen MR) is 111 cm³/mol. The van der Waals surface area contributed by atoms with Crippen molar-refractivity contribution < 1.29 is 17.9 Å². The number of benzene rings is 2. The maximum Gasteiger partial charge on any atom is 0.271 e. The lowest BCUT2D eigenvalue weighted by Gasteiger charge is -2.12. The maximum absolute atomic E-state index is 12.5. The number of ether oxygens (including phenoxy) is 1. The Morgan fingerprint density at radius 3 is 2.50 bits per heavy atom. The van der Waals surface area contributed by atoms with E-state index >= 15 is 0 Å². The summed E-state index contributed by atoms with van der Waals surface area (Å²) in [5.41, 5.74) is 1.62. The van der Waals surface area contributed by atoms with Crippen LogP contribution in [0.2, 0.25) is 0 Å². The van der Waals surface area contributed by atoms with E-state index < -0.39 is 10.0 Å². The summed E-state index contributed by atoms with van der Waals surface area (Å²) in [5.74, 6) is 0.348. The summed E-state index contributed by atoms with van der Waals surface area (Å²) in [7, 11) is -3.73. The molecule has 0 saturated carbocycles. The van der Waals surface area contributed by atoms with Gasteiger partial charge in [0, 0.05) is 0 Å². The zero-order valence-electron chi connectivity index (χ0n) is 15.2. The molecule has 28 heavy (non-hydrogen) atoms. The first-order chi connectivity index (χ1) is 13.5. The van der Waals surface area contributed by atoms with Crippen molar-refractivity contribution in [2.24, 2.45) is 0 Å². The standard InChI is InChI=1S/C20H20N2O4S2/c1-15-8-10-16(11-9-15)26-13-12-21-20(23)17-5-2-3-6-18(17)22-28(24,25)19-7-4-14-27-19/h2-11,14,22H,12-13H2,1H3,(H,21,23). The van der Waals surface area contributed by atoms with Gasteiger partial charge in [-0.25, -0.2) is 8.42 Å². The number of aryl methyl sites for hydroxylation is 1. The Bertz CT molecular complexity index is 1030. The van der Waals surface area contributed by atoms with Gasteiger partial charge >= 0.3 is 0 Å². The van der Waals surface area contributed by atoms with Gasteiger partial charge in [0.25, 0.3) is 15.9 Å². The molecular formula is C20H20N2O4S2. The molecule has 2 aromatic carbocycles. The van der Waals surface area contributed by atoms with Crippen LogP contribution in [0, 0.1) is 6.92 Å². The van der Waals surface area contributed by atoms with Gasteiger partial charge in [-0.05, 0) is 42.6 Å². The van der Waals surface area contributed by atoms with Gasteiger partial charge in [-0.1, -0.05) is 35.9 Å². The SMILES string of the molecule is Cc1ccc(OCCNC(=O)c2ccccc2NS(=O)(=O)c2cccs2)cc1. The van der Waals surface area contributed by atoms with Crippen LogP contribution in [0.3, 0.4) is 0 Å². The molecule has 6 nitrogen and oxygen atoms in total. The monoisotopic (exact) mass is 416 g/mol. The predicted octanol–water partition coefficient (Wildman–Crippen LogP) is 3.67. The summed E-state index contributed by atoms with van der Waals surface area (Å²) >= 11 is 1.11. The molecule has 3 rings (SSSR count). The average Bonchev–Trinajstić information content (AvgIpc) is 3.22. The normalized spacial score (nSPS) is 11.0. The molecular weight excluding hydrogens is 396 g/mol. The molecule has 1 heterocycles. The maximum atomic E-state index is 12.5. The van der Waals surface area contributed by atoms with Gasteiger partial charge in [-0.2, -0.15) is 0 Å². The van der Waals surface area contributed by atoms with E-state index in [1.807, 2.05) is 31.2 Å². The van der Waals surface area contributed by atoms with Crippen molar-refractivity contribution in [2.75, 3.05) is 17.9 Å². The van der Waals surface area contributed by atoms with Crippen LogP contribution in [0.5, 0.6) is 5.75 Å². The van der Waals surface area contributed by atoms with Crippen LogP contribution in [0.1, 0.15) is 15.9 Å². The van der Waals surface area contributed by atoms with Gasteiger partial charge in [0.1, 0.15) is 16.6 Å². The van der Waals surface area contributed by atoms with Crippen molar-refractivity contribution in [1.82, 2.24) is 5.32 Å². The molecule has 146 valence electrons. The molecule has 0 saturated heterocycles. The smallest absolute Gasteiger partial charge is 0.271 e. The minimum absolute atomic E-state index is 0.189. The van der Waals surface area contributed by atoms with Gasteiger partial charge in [0.05, 0.1) is 17.8 Å². The van der Waals surface area contributed by atoms with Crippen LogP contribution in [-0.4, -0.2) is 27.5 Å². The molecule has 0 fully saturated rings. The molecule has 3 aromatic rings. The number of carbonyl (C=O) groups is 1. The van der Waals surface area contributed by atoms with Crippen LogP contribution in [0.4, 0.5) is 5.69 Å². The molecule has 0 radical (unpaired) electrons. The Morgan fingerprint density at radius 1 is 1.04 bits per heavy atom. The van der Waals surface area contributed by atoms with E-state index in [1.165, 1.54) is 6.07 Å². The molecule has 8 heteroatoms. The highest BCUT2D eigenvalue weighted by Gasteiger charge is 2.19. The van der Waals surface area contributed by atoms with Crippen LogP contribution < -0.4 is 14.8 Å². The zero-order chi connectivity index (χ0) is 20.0. The molecule has 0 aliphatic heterocycles. The fraction of sp³-hybridized carbons (Fsp3) is 0.150. The second-order valence-corrected chi connectivity index (χ2v) is 8.86. The van der Waals surface area contributed by atoms with E-state index in [1.54, 1.807) is 35.7 Å². The number of thiophene rings is 1. The lowest BCUT2D eigenvalue weighted by molar-refractivity contribution is 0.0948. The van der Waals surface area contributed by atoms with Crippen LogP contribution in [0.15, 0.2) is 70.3 Å². The first-order valence-corrected chi connectivity index (χ1v) is 10.9. The summed E-state index contributed by atoms with van der Waals surface area (Å²) in [6.45, 7) is 2.59. The summed E-state index contributed by atoms with van der Waals surface area (Å²) in [6.07, 6.45) is 0. The van der Waals surface area contributed by atoms with Crippen LogP contribution >= 0.6 is 11.3 Å². The van der Waals surface area contributed by atoms with Gasteiger partial charge in [-0.15, -0.1) is 11.3 Å². The molecule has 0 unspecified atom stereocenters. The highest BCUT2D eigenvalue weighted by Crippen LogP contribution is 2.22. The number of hydrogen-bond acceptors (Lipinski definition) is 5. The third kappa shape index (κ3) is 5.11. The third-order valence-electron chi connectivity index (χ3n) is 3.85. The highest BCUT2D eigenvalue weighted by atomic mass is 32.2. The van der Waals surface area contributed by atoms with Crippen molar-refractivity contribution in [3.8, 4) is 5.75 Å². The second kappa shape index (κ2) is 8.90. The average molecular weight is 417 g/mol. The van der Waals surface area contributed by atoms with Crippen LogP contribution in [0.25, 0.3) is 0 Å². The topological polar surface area (TPSA) is 84.5 Å². The number of anilines is 1. The number of rotatable bonds is 8. The fourth-order valence-corrected chi connectivity index (χ4v) is 4.52. The minimum Gasteiger partial charge on any atom is -0.492 e. The summed E-state index contributed by atoms with van der Waals surface area (Å²) in [6, 6.07) is 17.3. The molecule has 1 aromatic heterocycles. The largest absolute Gasteiger partial charge is 0.492 e. The molecule has 0 aliphatic rings. The molecule has 2 N–H and O–H groups in total. The van der Waals surface area contributed by atoms with Crippen molar-refractivity contribution >= 4 is 33.0 Å². The first kappa shape index (κ1) is 19.9. The van der Waals surface area contributed by atoms with Crippen molar-refractivity contribution in [3.05, 3.63) is 77.2 Å². The number of sulfonamides is 1. The lowest BCUT2D eigenvalue weighted by Crippen LogP contribution is -2.29. The molecule has 0 aliphatic carbocycles. The number of amides is 1. The molecule has 0 atom stereocenters. The fourth-order valence-electron chi connectivity index (χ4n) is 2.44. The van der Waals surface area contributed by atoms with Crippen molar-refractivity contribution in [3.63, 3.8) is 0 Å². The lowest BCUT2D eigenvalue weighted by atomic mass is 10.1. The number of nitrogens with one attached hydrogen (secondary N) is 2. The molecule has 0 bridgehead atoms. The summed E-state index contributed by atoms with van der Waals surface area (Å²) < 4.78 is 33.1. The number of para-hydroxylation sites is 1. The third-order valence-corrected chi connectivity index (χ3v) is 6.62. The summed E-state index contributed by atoms with van der Waals surface area (Å²) in [4.78, 5) is 12.5. The first-order valence-electron chi connectivity index (χ1n) is 8.59. The Balaban J connectivity index is 1.60. The van der Waals surface area contributed by atoms with Crippen molar-refractivity contribution in [2.45, 2.75) is 11.1 Å². The van der Waals surface area contributed by atoms with Gasteiger partial charge < -0.3 is 10.1 Å². The van der Waals surface area contributed by atoms with Gasteiger partial charge in [0.2, 0.25) is 0 Å². The zero-order valence-corrected chi connectivity index (χ0v) is 16.8. The van der Waals surface area contributed by atoms with Gasteiger partial charge in [0.15, 0.2) is 0 Å². The summed E-state index contributed by atoms with van der Waals surface area (Å²) in [5, 5.41) is 4.43. The Morgan fingerprint density at radius 2 is 1.79 bits per heavy atom. The Hall–Kier alpha value is -2.84. The van der Waals surface area contributed by atoms with E-state index in [9.17, 15) is 13.2 Å².